The van der Waals surface area contributed by atoms with Crippen molar-refractivity contribution in [3.63, 3.8) is 0 Å². The maximum absolute atomic E-state index is 11.9. The van der Waals surface area contributed by atoms with Crippen LogP contribution in [0.3, 0.4) is 0 Å². The Hall–Kier alpha value is -2.53. The van der Waals surface area contributed by atoms with Gasteiger partial charge in [-0.2, -0.15) is 5.10 Å². The molecule has 1 atom stereocenters. The quantitative estimate of drug-likeness (QED) is 0.652. The number of carbonyl (C=O) groups is 1. The van der Waals surface area contributed by atoms with Crippen molar-refractivity contribution in [1.82, 2.24) is 5.43 Å². The van der Waals surface area contributed by atoms with Gasteiger partial charge in [0.1, 0.15) is 11.5 Å². The second kappa shape index (κ2) is 8.19. The molecule has 0 bridgehead atoms. The summed E-state index contributed by atoms with van der Waals surface area (Å²) in [5.41, 5.74) is 3.25. The first-order valence-corrected chi connectivity index (χ1v) is 7.35. The molecule has 2 rings (SSSR count). The maximum atomic E-state index is 11.9. The van der Waals surface area contributed by atoms with Crippen LogP contribution in [0, 0.1) is 0 Å². The molecule has 0 aliphatic carbocycles. The molecule has 0 aliphatic rings. The van der Waals surface area contributed by atoms with Crippen molar-refractivity contribution in [3.05, 3.63) is 59.1 Å². The molecule has 0 spiro atoms. The number of benzene rings is 2. The van der Waals surface area contributed by atoms with Crippen LogP contribution in [0.5, 0.6) is 11.5 Å². The highest BCUT2D eigenvalue weighted by Crippen LogP contribution is 2.16. The normalized spacial score (nSPS) is 12.0. The number of hydrogen-bond donors (Lipinski definition) is 1. The molecule has 0 saturated carbocycles. The van der Waals surface area contributed by atoms with Gasteiger partial charge in [0.15, 0.2) is 6.10 Å². The Morgan fingerprint density at radius 1 is 1.22 bits per heavy atom. The molecule has 0 heterocycles. The minimum atomic E-state index is -0.682. The van der Waals surface area contributed by atoms with Crippen LogP contribution in [0.15, 0.2) is 53.6 Å². The monoisotopic (exact) mass is 332 g/mol. The summed E-state index contributed by atoms with van der Waals surface area (Å²) in [5, 5.41) is 4.52. The fourth-order valence-electron chi connectivity index (χ4n) is 1.75. The summed E-state index contributed by atoms with van der Waals surface area (Å²) in [7, 11) is 1.59. The summed E-state index contributed by atoms with van der Waals surface area (Å²) in [4.78, 5) is 11.9. The average molecular weight is 333 g/mol. The summed E-state index contributed by atoms with van der Waals surface area (Å²) in [6, 6.07) is 14.1. The Balaban J connectivity index is 1.88. The van der Waals surface area contributed by atoms with Crippen molar-refractivity contribution in [2.45, 2.75) is 13.0 Å². The Kier molecular flexibility index (Phi) is 6.00. The lowest BCUT2D eigenvalue weighted by molar-refractivity contribution is -0.127. The summed E-state index contributed by atoms with van der Waals surface area (Å²) < 4.78 is 10.6. The van der Waals surface area contributed by atoms with E-state index in [1.807, 2.05) is 24.3 Å². The Morgan fingerprint density at radius 2 is 1.96 bits per heavy atom. The molecule has 2 aromatic carbocycles. The molecule has 23 heavy (non-hydrogen) atoms. The Morgan fingerprint density at radius 3 is 2.65 bits per heavy atom. The van der Waals surface area contributed by atoms with E-state index in [4.69, 9.17) is 21.1 Å². The zero-order valence-corrected chi connectivity index (χ0v) is 13.6. The third-order valence-corrected chi connectivity index (χ3v) is 3.23. The highest BCUT2D eigenvalue weighted by atomic mass is 35.5. The number of nitrogens with one attached hydrogen (secondary N) is 1. The number of hydrazone groups is 1. The zero-order chi connectivity index (χ0) is 16.7. The Labute approximate surface area is 139 Å². The lowest BCUT2D eigenvalue weighted by atomic mass is 10.2. The topological polar surface area (TPSA) is 59.9 Å². The molecule has 0 aromatic heterocycles. The van der Waals surface area contributed by atoms with Gasteiger partial charge in [-0.25, -0.2) is 5.43 Å². The van der Waals surface area contributed by atoms with Crippen LogP contribution in [0.4, 0.5) is 0 Å². The van der Waals surface area contributed by atoms with Gasteiger partial charge in [-0.05, 0) is 48.9 Å². The van der Waals surface area contributed by atoms with E-state index >= 15 is 0 Å². The predicted molar refractivity (Wildman–Crippen MR) is 90.3 cm³/mol. The van der Waals surface area contributed by atoms with Gasteiger partial charge >= 0.3 is 0 Å². The fourth-order valence-corrected chi connectivity index (χ4v) is 1.88. The third-order valence-electron chi connectivity index (χ3n) is 2.98. The van der Waals surface area contributed by atoms with E-state index in [0.717, 1.165) is 11.3 Å². The van der Waals surface area contributed by atoms with Gasteiger partial charge in [-0.3, -0.25) is 4.79 Å². The van der Waals surface area contributed by atoms with Gasteiger partial charge in [0.2, 0.25) is 0 Å². The molecule has 1 N–H and O–H groups in total. The van der Waals surface area contributed by atoms with Gasteiger partial charge in [0, 0.05) is 5.02 Å². The van der Waals surface area contributed by atoms with E-state index in [-0.39, 0.29) is 5.91 Å². The van der Waals surface area contributed by atoms with Crippen molar-refractivity contribution in [3.8, 4) is 11.5 Å². The Bertz CT molecular complexity index is 686. The number of halogens is 1. The van der Waals surface area contributed by atoms with Crippen LogP contribution in [0.25, 0.3) is 0 Å². The van der Waals surface area contributed by atoms with Gasteiger partial charge < -0.3 is 9.47 Å². The molecule has 0 radical (unpaired) electrons. The zero-order valence-electron chi connectivity index (χ0n) is 12.8. The predicted octanol–water partition coefficient (Wildman–Crippen LogP) is 3.27. The van der Waals surface area contributed by atoms with Crippen molar-refractivity contribution >= 4 is 23.7 Å². The van der Waals surface area contributed by atoms with Crippen LogP contribution in [-0.2, 0) is 4.79 Å². The van der Waals surface area contributed by atoms with Gasteiger partial charge in [0.25, 0.3) is 5.91 Å². The fraction of sp³-hybridized carbons (Fsp3) is 0.176. The van der Waals surface area contributed by atoms with Crippen molar-refractivity contribution in [2.24, 2.45) is 5.10 Å². The molecule has 0 unspecified atom stereocenters. The van der Waals surface area contributed by atoms with Crippen LogP contribution in [0.1, 0.15) is 12.5 Å². The number of hydrogen-bond acceptors (Lipinski definition) is 4. The van der Waals surface area contributed by atoms with Crippen LogP contribution < -0.4 is 14.9 Å². The molecule has 2 aromatic rings. The van der Waals surface area contributed by atoms with Gasteiger partial charge in [-0.15, -0.1) is 0 Å². The first-order valence-electron chi connectivity index (χ1n) is 6.97. The summed E-state index contributed by atoms with van der Waals surface area (Å²) >= 11 is 5.80. The lowest BCUT2D eigenvalue weighted by Gasteiger charge is -2.12. The standard InChI is InChI=1S/C17H17ClN2O3/c1-12(23-15-8-6-14(18)7-9-15)17(21)20-19-11-13-4-3-5-16(10-13)22-2/h3-12H,1-2H3,(H,20,21)/t12-/m1/s1. The van der Waals surface area contributed by atoms with E-state index in [9.17, 15) is 4.79 Å². The van der Waals surface area contributed by atoms with E-state index in [0.29, 0.717) is 10.8 Å². The molecule has 0 aliphatic heterocycles. The molecule has 120 valence electrons. The third kappa shape index (κ3) is 5.30. The van der Waals surface area contributed by atoms with E-state index in [1.165, 1.54) is 6.21 Å². The number of rotatable bonds is 6. The largest absolute Gasteiger partial charge is 0.497 e. The molecule has 0 saturated heterocycles. The van der Waals surface area contributed by atoms with Gasteiger partial charge in [-0.1, -0.05) is 23.7 Å². The highest BCUT2D eigenvalue weighted by Gasteiger charge is 2.13. The number of methoxy groups -OCH3 is 1. The summed E-state index contributed by atoms with van der Waals surface area (Å²) in [5.74, 6) is 0.938. The average Bonchev–Trinajstić information content (AvgIpc) is 2.57. The number of ether oxygens (including phenoxy) is 2. The second-order valence-electron chi connectivity index (χ2n) is 4.72. The van der Waals surface area contributed by atoms with E-state index in [2.05, 4.69) is 10.5 Å². The molecule has 1 amide bonds. The smallest absolute Gasteiger partial charge is 0.280 e. The lowest BCUT2D eigenvalue weighted by Crippen LogP contribution is -2.33. The van der Waals surface area contributed by atoms with Gasteiger partial charge in [0.05, 0.1) is 13.3 Å². The highest BCUT2D eigenvalue weighted by molar-refractivity contribution is 6.30. The van der Waals surface area contributed by atoms with Crippen molar-refractivity contribution in [2.75, 3.05) is 7.11 Å². The molecule has 5 nitrogen and oxygen atoms in total. The maximum Gasteiger partial charge on any atom is 0.280 e. The van der Waals surface area contributed by atoms with Crippen molar-refractivity contribution in [1.29, 1.82) is 0 Å². The van der Waals surface area contributed by atoms with E-state index < -0.39 is 6.10 Å². The molecule has 0 fully saturated rings. The first-order chi connectivity index (χ1) is 11.1. The van der Waals surface area contributed by atoms with Crippen LogP contribution >= 0.6 is 11.6 Å². The molecular formula is C17H17ClN2O3. The SMILES string of the molecule is COc1cccc(C=NNC(=O)[C@@H](C)Oc2ccc(Cl)cc2)c1. The minimum absolute atomic E-state index is 0.348. The first kappa shape index (κ1) is 16.8. The number of nitrogens with zero attached hydrogens (tertiary/aromatic N) is 1. The molecule has 6 heteroatoms. The molecular weight excluding hydrogens is 316 g/mol. The van der Waals surface area contributed by atoms with Crippen LogP contribution in [0.2, 0.25) is 5.02 Å². The summed E-state index contributed by atoms with van der Waals surface area (Å²) in [6.07, 6.45) is 0.855. The number of amides is 1. The van der Waals surface area contributed by atoms with E-state index in [1.54, 1.807) is 38.3 Å². The van der Waals surface area contributed by atoms with Crippen molar-refractivity contribution < 1.29 is 14.3 Å². The number of carbonyl (C=O) groups excluding carboxylic acids is 1. The van der Waals surface area contributed by atoms with Crippen LogP contribution in [-0.4, -0.2) is 25.3 Å². The summed E-state index contributed by atoms with van der Waals surface area (Å²) in [6.45, 7) is 1.64. The second-order valence-corrected chi connectivity index (χ2v) is 5.16. The minimum Gasteiger partial charge on any atom is -0.497 e.